The second-order valence-corrected chi connectivity index (χ2v) is 7.56. The molecule has 3 aromatic rings. The van der Waals surface area contributed by atoms with E-state index in [2.05, 4.69) is 10.6 Å². The zero-order valence-corrected chi connectivity index (χ0v) is 17.6. The van der Waals surface area contributed by atoms with E-state index in [1.807, 2.05) is 30.3 Å². The number of anilines is 2. The van der Waals surface area contributed by atoms with Crippen LogP contribution in [0.3, 0.4) is 0 Å². The molecule has 0 saturated heterocycles. The molecule has 0 atom stereocenters. The number of carbonyl (C=O) groups is 3. The third kappa shape index (κ3) is 5.13. The van der Waals surface area contributed by atoms with Gasteiger partial charge in [-0.3, -0.25) is 14.4 Å². The van der Waals surface area contributed by atoms with Crippen molar-refractivity contribution in [3.8, 4) is 5.75 Å². The minimum Gasteiger partial charge on any atom is -0.483 e. The molecule has 3 amide bonds. The number of rotatable bonds is 5. The third-order valence-corrected chi connectivity index (χ3v) is 5.07. The monoisotopic (exact) mass is 429 g/mol. The van der Waals surface area contributed by atoms with Gasteiger partial charge in [0.25, 0.3) is 11.8 Å². The first kappa shape index (κ1) is 21.1. The Labute approximate surface area is 186 Å². The van der Waals surface area contributed by atoms with Crippen LogP contribution < -0.4 is 15.4 Å². The number of carbonyl (C=O) groups excluding carboxylic acids is 3. The predicted molar refractivity (Wildman–Crippen MR) is 121 cm³/mol. The molecular weight excluding hydrogens is 406 g/mol. The molecule has 0 fully saturated rings. The van der Waals surface area contributed by atoms with Gasteiger partial charge in [-0.1, -0.05) is 30.3 Å². The molecule has 0 spiro atoms. The standard InChI is InChI=1S/C25H23N3O4/c1-17(29)26-21-8-10-22(11-9-21)27-25(31)19-7-12-23-20(13-19)15-28(24(30)16-32-23)14-18-5-3-2-4-6-18/h2-13H,14-16H2,1H3,(H,26,29)(H,27,31). The van der Waals surface area contributed by atoms with E-state index in [0.29, 0.717) is 35.8 Å². The van der Waals surface area contributed by atoms with Gasteiger partial charge in [-0.2, -0.15) is 0 Å². The highest BCUT2D eigenvalue weighted by atomic mass is 16.5. The summed E-state index contributed by atoms with van der Waals surface area (Å²) < 4.78 is 5.67. The Bertz CT molecular complexity index is 1140. The normalized spacial score (nSPS) is 12.9. The SMILES string of the molecule is CC(=O)Nc1ccc(NC(=O)c2ccc3c(c2)CN(Cc2ccccc2)C(=O)CO3)cc1. The molecule has 0 bridgehead atoms. The van der Waals surface area contributed by atoms with Crippen molar-refractivity contribution in [3.63, 3.8) is 0 Å². The molecule has 0 unspecified atom stereocenters. The molecule has 32 heavy (non-hydrogen) atoms. The summed E-state index contributed by atoms with van der Waals surface area (Å²) in [6.07, 6.45) is 0. The smallest absolute Gasteiger partial charge is 0.261 e. The summed E-state index contributed by atoms with van der Waals surface area (Å²) in [4.78, 5) is 38.2. The molecule has 0 aromatic heterocycles. The molecule has 1 aliphatic heterocycles. The maximum absolute atomic E-state index is 12.8. The van der Waals surface area contributed by atoms with E-state index >= 15 is 0 Å². The lowest BCUT2D eigenvalue weighted by molar-refractivity contribution is -0.133. The minimum absolute atomic E-state index is 0.0357. The minimum atomic E-state index is -0.273. The van der Waals surface area contributed by atoms with E-state index in [-0.39, 0.29) is 24.3 Å². The molecule has 1 aliphatic rings. The van der Waals surface area contributed by atoms with E-state index in [1.54, 1.807) is 47.4 Å². The summed E-state index contributed by atoms with van der Waals surface area (Å²) in [6.45, 7) is 2.23. The Morgan fingerprint density at radius 3 is 2.31 bits per heavy atom. The van der Waals surface area contributed by atoms with Gasteiger partial charge in [0.1, 0.15) is 5.75 Å². The summed E-state index contributed by atoms with van der Waals surface area (Å²) in [6, 6.07) is 21.8. The Morgan fingerprint density at radius 2 is 1.62 bits per heavy atom. The molecule has 162 valence electrons. The first-order valence-corrected chi connectivity index (χ1v) is 10.2. The number of nitrogens with one attached hydrogen (secondary N) is 2. The van der Waals surface area contributed by atoms with Crippen LogP contribution in [0, 0.1) is 0 Å². The Morgan fingerprint density at radius 1 is 0.938 bits per heavy atom. The first-order chi connectivity index (χ1) is 15.5. The number of hydrogen-bond donors (Lipinski definition) is 2. The van der Waals surface area contributed by atoms with Gasteiger partial charge >= 0.3 is 0 Å². The molecule has 0 aliphatic carbocycles. The second-order valence-electron chi connectivity index (χ2n) is 7.56. The number of benzene rings is 3. The van der Waals surface area contributed by atoms with E-state index in [0.717, 1.165) is 11.1 Å². The molecule has 7 heteroatoms. The number of amides is 3. The van der Waals surface area contributed by atoms with Crippen LogP contribution in [0.15, 0.2) is 72.8 Å². The summed E-state index contributed by atoms with van der Waals surface area (Å²) >= 11 is 0. The van der Waals surface area contributed by atoms with Crippen molar-refractivity contribution >= 4 is 29.1 Å². The maximum atomic E-state index is 12.8. The van der Waals surface area contributed by atoms with Crippen LogP contribution in [-0.2, 0) is 22.7 Å². The molecule has 2 N–H and O–H groups in total. The van der Waals surface area contributed by atoms with Crippen molar-refractivity contribution in [2.45, 2.75) is 20.0 Å². The average molecular weight is 429 g/mol. The van der Waals surface area contributed by atoms with Crippen molar-refractivity contribution in [1.82, 2.24) is 4.90 Å². The fraction of sp³-hybridized carbons (Fsp3) is 0.160. The highest BCUT2D eigenvalue weighted by Crippen LogP contribution is 2.26. The van der Waals surface area contributed by atoms with E-state index < -0.39 is 0 Å². The van der Waals surface area contributed by atoms with Gasteiger partial charge in [0.05, 0.1) is 0 Å². The summed E-state index contributed by atoms with van der Waals surface area (Å²) in [5.74, 6) is 0.0690. The lowest BCUT2D eigenvalue weighted by atomic mass is 10.1. The van der Waals surface area contributed by atoms with E-state index in [4.69, 9.17) is 4.74 Å². The summed E-state index contributed by atoms with van der Waals surface area (Å²) in [7, 11) is 0. The lowest BCUT2D eigenvalue weighted by Gasteiger charge is -2.20. The number of hydrogen-bond acceptors (Lipinski definition) is 4. The van der Waals surface area contributed by atoms with Crippen LogP contribution in [-0.4, -0.2) is 29.2 Å². The van der Waals surface area contributed by atoms with Gasteiger partial charge in [0.15, 0.2) is 6.61 Å². The molecular formula is C25H23N3O4. The summed E-state index contributed by atoms with van der Waals surface area (Å²) in [5, 5.41) is 5.53. The van der Waals surface area contributed by atoms with Crippen molar-refractivity contribution in [3.05, 3.63) is 89.5 Å². The molecule has 0 radical (unpaired) electrons. The fourth-order valence-electron chi connectivity index (χ4n) is 3.50. The van der Waals surface area contributed by atoms with Crippen molar-refractivity contribution in [2.24, 2.45) is 0 Å². The average Bonchev–Trinajstić information content (AvgIpc) is 2.94. The van der Waals surface area contributed by atoms with Crippen LogP contribution in [0.2, 0.25) is 0 Å². The highest BCUT2D eigenvalue weighted by molar-refractivity contribution is 6.04. The number of ether oxygens (including phenoxy) is 1. The van der Waals surface area contributed by atoms with E-state index in [1.165, 1.54) is 6.92 Å². The quantitative estimate of drug-likeness (QED) is 0.646. The van der Waals surface area contributed by atoms with Gasteiger partial charge in [0, 0.05) is 42.5 Å². The third-order valence-electron chi connectivity index (χ3n) is 5.07. The molecule has 0 saturated carbocycles. The first-order valence-electron chi connectivity index (χ1n) is 10.2. The van der Waals surface area contributed by atoms with Crippen LogP contribution in [0.25, 0.3) is 0 Å². The van der Waals surface area contributed by atoms with Gasteiger partial charge in [-0.15, -0.1) is 0 Å². The van der Waals surface area contributed by atoms with Crippen LogP contribution in [0.4, 0.5) is 11.4 Å². The van der Waals surface area contributed by atoms with Crippen LogP contribution in [0.1, 0.15) is 28.4 Å². The Kier molecular flexibility index (Phi) is 6.17. The Balaban J connectivity index is 1.49. The molecule has 7 nitrogen and oxygen atoms in total. The molecule has 3 aromatic carbocycles. The van der Waals surface area contributed by atoms with Crippen LogP contribution >= 0.6 is 0 Å². The van der Waals surface area contributed by atoms with Gasteiger partial charge in [-0.25, -0.2) is 0 Å². The highest BCUT2D eigenvalue weighted by Gasteiger charge is 2.23. The van der Waals surface area contributed by atoms with Gasteiger partial charge < -0.3 is 20.3 Å². The van der Waals surface area contributed by atoms with Gasteiger partial charge in [0.2, 0.25) is 5.91 Å². The number of nitrogens with zero attached hydrogens (tertiary/aromatic N) is 1. The zero-order valence-electron chi connectivity index (χ0n) is 17.6. The largest absolute Gasteiger partial charge is 0.483 e. The van der Waals surface area contributed by atoms with Gasteiger partial charge in [-0.05, 0) is 48.0 Å². The zero-order chi connectivity index (χ0) is 22.5. The lowest BCUT2D eigenvalue weighted by Crippen LogP contribution is -2.31. The molecule has 4 rings (SSSR count). The molecule has 1 heterocycles. The number of fused-ring (bicyclic) bond motifs is 1. The second kappa shape index (κ2) is 9.34. The topological polar surface area (TPSA) is 87.7 Å². The van der Waals surface area contributed by atoms with Crippen LogP contribution in [0.5, 0.6) is 5.75 Å². The van der Waals surface area contributed by atoms with Crippen molar-refractivity contribution < 1.29 is 19.1 Å². The van der Waals surface area contributed by atoms with E-state index in [9.17, 15) is 14.4 Å². The predicted octanol–water partition coefficient (Wildman–Crippen LogP) is 3.82. The van der Waals surface area contributed by atoms with Crippen molar-refractivity contribution in [2.75, 3.05) is 17.2 Å². The Hall–Kier alpha value is -4.13. The van der Waals surface area contributed by atoms with Crippen molar-refractivity contribution in [1.29, 1.82) is 0 Å². The maximum Gasteiger partial charge on any atom is 0.261 e. The summed E-state index contributed by atoms with van der Waals surface area (Å²) in [5.41, 5.74) is 3.53. The fourth-order valence-corrected chi connectivity index (χ4v) is 3.50.